The van der Waals surface area contributed by atoms with Crippen molar-refractivity contribution in [1.82, 2.24) is 5.32 Å². The van der Waals surface area contributed by atoms with Crippen molar-refractivity contribution in [3.05, 3.63) is 29.8 Å². The lowest BCUT2D eigenvalue weighted by atomic mass is 9.97. The Morgan fingerprint density at radius 2 is 1.60 bits per heavy atom. The number of hydrogen-bond acceptors (Lipinski definition) is 2. The molecule has 0 bridgehead atoms. The van der Waals surface area contributed by atoms with Crippen LogP contribution in [0.2, 0.25) is 0 Å². The van der Waals surface area contributed by atoms with Gasteiger partial charge in [-0.05, 0) is 30.5 Å². The molecule has 140 valence electrons. The Balaban J connectivity index is 2.55. The van der Waals surface area contributed by atoms with Gasteiger partial charge in [-0.15, -0.1) is 0 Å². The van der Waals surface area contributed by atoms with Crippen LogP contribution in [0, 0.1) is 5.92 Å². The Labute approximate surface area is 146 Å². The van der Waals surface area contributed by atoms with E-state index in [1.165, 1.54) is 0 Å². The lowest BCUT2D eigenvalue weighted by molar-refractivity contribution is -0.138. The molecule has 25 heavy (non-hydrogen) atoms. The number of carbonyl (C=O) groups is 2. The summed E-state index contributed by atoms with van der Waals surface area (Å²) in [6.45, 7) is 2.74. The maximum Gasteiger partial charge on any atom is 0.405 e. The standard InChI is InChI=1S/C18H25F3N2O2/c1-3-5-14(6-4-2)17(25)23-15-9-7-13(8-10-15)11-16(24)22-12-18(19,20)21/h7-10,14H,3-6,11-12H2,1-2H3,(H,22,24)(H,23,25). The molecular weight excluding hydrogens is 333 g/mol. The van der Waals surface area contributed by atoms with E-state index in [1.54, 1.807) is 24.3 Å². The molecule has 0 aliphatic rings. The number of rotatable bonds is 9. The third kappa shape index (κ3) is 8.56. The van der Waals surface area contributed by atoms with Crippen molar-refractivity contribution >= 4 is 17.5 Å². The minimum absolute atomic E-state index is 0.0252. The van der Waals surface area contributed by atoms with Gasteiger partial charge in [0, 0.05) is 11.6 Å². The van der Waals surface area contributed by atoms with Crippen molar-refractivity contribution in [1.29, 1.82) is 0 Å². The van der Waals surface area contributed by atoms with Crippen LogP contribution in [-0.2, 0) is 16.0 Å². The Bertz CT molecular complexity index is 550. The zero-order valence-corrected chi connectivity index (χ0v) is 14.6. The van der Waals surface area contributed by atoms with Crippen molar-refractivity contribution in [3.8, 4) is 0 Å². The van der Waals surface area contributed by atoms with Gasteiger partial charge in [0.15, 0.2) is 0 Å². The molecule has 7 heteroatoms. The van der Waals surface area contributed by atoms with Crippen LogP contribution >= 0.6 is 0 Å². The molecule has 2 N–H and O–H groups in total. The van der Waals surface area contributed by atoms with E-state index in [0.29, 0.717) is 11.3 Å². The third-order valence-electron chi connectivity index (χ3n) is 3.72. The van der Waals surface area contributed by atoms with E-state index >= 15 is 0 Å². The SMILES string of the molecule is CCCC(CCC)C(=O)Nc1ccc(CC(=O)NCC(F)(F)F)cc1. The monoisotopic (exact) mass is 358 g/mol. The van der Waals surface area contributed by atoms with E-state index in [1.807, 2.05) is 19.2 Å². The van der Waals surface area contributed by atoms with Crippen molar-refractivity contribution in [2.45, 2.75) is 52.1 Å². The summed E-state index contributed by atoms with van der Waals surface area (Å²) in [4.78, 5) is 23.7. The summed E-state index contributed by atoms with van der Waals surface area (Å²) in [5.41, 5.74) is 1.19. The summed E-state index contributed by atoms with van der Waals surface area (Å²) in [6, 6.07) is 6.55. The van der Waals surface area contributed by atoms with Crippen LogP contribution < -0.4 is 10.6 Å². The van der Waals surface area contributed by atoms with Crippen molar-refractivity contribution in [3.63, 3.8) is 0 Å². The molecule has 0 fully saturated rings. The molecule has 1 aromatic rings. The number of carbonyl (C=O) groups excluding carboxylic acids is 2. The number of halogens is 3. The Kier molecular flexibility index (Phi) is 8.45. The fourth-order valence-corrected chi connectivity index (χ4v) is 2.50. The maximum absolute atomic E-state index is 12.3. The van der Waals surface area contributed by atoms with E-state index < -0.39 is 18.6 Å². The normalized spacial score (nSPS) is 11.4. The molecule has 0 aliphatic carbocycles. The zero-order chi connectivity index (χ0) is 18.9. The number of benzene rings is 1. The van der Waals surface area contributed by atoms with Crippen molar-refractivity contribution in [2.24, 2.45) is 5.92 Å². The Hall–Kier alpha value is -2.05. The Morgan fingerprint density at radius 1 is 1.04 bits per heavy atom. The molecule has 0 heterocycles. The largest absolute Gasteiger partial charge is 0.405 e. The summed E-state index contributed by atoms with van der Waals surface area (Å²) >= 11 is 0. The average molecular weight is 358 g/mol. The topological polar surface area (TPSA) is 58.2 Å². The highest BCUT2D eigenvalue weighted by Gasteiger charge is 2.27. The molecule has 0 saturated heterocycles. The van der Waals surface area contributed by atoms with Gasteiger partial charge in [0.2, 0.25) is 11.8 Å². The van der Waals surface area contributed by atoms with Crippen LogP contribution in [0.3, 0.4) is 0 Å². The number of hydrogen-bond donors (Lipinski definition) is 2. The quantitative estimate of drug-likeness (QED) is 0.699. The lowest BCUT2D eigenvalue weighted by Crippen LogP contribution is -2.34. The van der Waals surface area contributed by atoms with Crippen LogP contribution in [0.4, 0.5) is 18.9 Å². The molecule has 4 nitrogen and oxygen atoms in total. The highest BCUT2D eigenvalue weighted by Crippen LogP contribution is 2.18. The van der Waals surface area contributed by atoms with Crippen LogP contribution in [0.15, 0.2) is 24.3 Å². The molecule has 1 rings (SSSR count). The predicted molar refractivity (Wildman–Crippen MR) is 91.1 cm³/mol. The van der Waals surface area contributed by atoms with Gasteiger partial charge in [-0.25, -0.2) is 0 Å². The number of amides is 2. The maximum atomic E-state index is 12.3. The molecule has 0 spiro atoms. The first kappa shape index (κ1) is 21.0. The summed E-state index contributed by atoms with van der Waals surface area (Å²) in [7, 11) is 0. The van der Waals surface area contributed by atoms with Crippen molar-refractivity contribution in [2.75, 3.05) is 11.9 Å². The summed E-state index contributed by atoms with van der Waals surface area (Å²) < 4.78 is 36.1. The second-order valence-electron chi connectivity index (χ2n) is 6.03. The minimum atomic E-state index is -4.42. The highest BCUT2D eigenvalue weighted by atomic mass is 19.4. The highest BCUT2D eigenvalue weighted by molar-refractivity contribution is 5.92. The van der Waals surface area contributed by atoms with Gasteiger partial charge in [0.05, 0.1) is 6.42 Å². The molecule has 2 amide bonds. The van der Waals surface area contributed by atoms with Gasteiger partial charge in [-0.2, -0.15) is 13.2 Å². The van der Waals surface area contributed by atoms with Gasteiger partial charge in [-0.1, -0.05) is 38.8 Å². The van der Waals surface area contributed by atoms with Crippen molar-refractivity contribution < 1.29 is 22.8 Å². The number of anilines is 1. The summed E-state index contributed by atoms with van der Waals surface area (Å²) in [6.07, 6.45) is -1.03. The van der Waals surface area contributed by atoms with E-state index in [9.17, 15) is 22.8 Å². The van der Waals surface area contributed by atoms with E-state index in [2.05, 4.69) is 5.32 Å². The molecule has 0 aliphatic heterocycles. The van der Waals surface area contributed by atoms with E-state index in [-0.39, 0.29) is 18.2 Å². The molecule has 0 saturated carbocycles. The minimum Gasteiger partial charge on any atom is -0.347 e. The summed E-state index contributed by atoms with van der Waals surface area (Å²) in [5.74, 6) is -0.748. The summed E-state index contributed by atoms with van der Waals surface area (Å²) in [5, 5.41) is 4.68. The molecule has 0 atom stereocenters. The fourth-order valence-electron chi connectivity index (χ4n) is 2.50. The molecule has 0 aromatic heterocycles. The van der Waals surface area contributed by atoms with Gasteiger partial charge >= 0.3 is 6.18 Å². The van der Waals surface area contributed by atoms with Gasteiger partial charge in [-0.3, -0.25) is 9.59 Å². The van der Waals surface area contributed by atoms with Crippen LogP contribution in [0.1, 0.15) is 45.1 Å². The van der Waals surface area contributed by atoms with Gasteiger partial charge in [0.25, 0.3) is 0 Å². The first-order valence-corrected chi connectivity index (χ1v) is 8.48. The second-order valence-corrected chi connectivity index (χ2v) is 6.03. The van der Waals surface area contributed by atoms with Crippen LogP contribution in [-0.4, -0.2) is 24.5 Å². The smallest absolute Gasteiger partial charge is 0.347 e. The van der Waals surface area contributed by atoms with Crippen LogP contribution in [0.25, 0.3) is 0 Å². The molecule has 1 aromatic carbocycles. The third-order valence-corrected chi connectivity index (χ3v) is 3.72. The van der Waals surface area contributed by atoms with E-state index in [0.717, 1.165) is 25.7 Å². The fraction of sp³-hybridized carbons (Fsp3) is 0.556. The van der Waals surface area contributed by atoms with Gasteiger partial charge < -0.3 is 10.6 Å². The first-order chi connectivity index (χ1) is 11.7. The molecule has 0 radical (unpaired) electrons. The second kappa shape index (κ2) is 10.1. The number of nitrogens with one attached hydrogen (secondary N) is 2. The average Bonchev–Trinajstić information content (AvgIpc) is 2.54. The Morgan fingerprint density at radius 3 is 2.08 bits per heavy atom. The molecular formula is C18H25F3N2O2. The predicted octanol–water partition coefficient (Wildman–Crippen LogP) is 4.06. The zero-order valence-electron chi connectivity index (χ0n) is 14.6. The number of alkyl halides is 3. The lowest BCUT2D eigenvalue weighted by Gasteiger charge is -2.15. The first-order valence-electron chi connectivity index (χ1n) is 8.48. The van der Waals surface area contributed by atoms with Gasteiger partial charge in [0.1, 0.15) is 6.54 Å². The van der Waals surface area contributed by atoms with E-state index in [4.69, 9.17) is 0 Å². The molecule has 0 unspecified atom stereocenters. The van der Waals surface area contributed by atoms with Crippen LogP contribution in [0.5, 0.6) is 0 Å².